The van der Waals surface area contributed by atoms with Gasteiger partial charge in [-0.2, -0.15) is 5.10 Å². The Morgan fingerprint density at radius 2 is 1.96 bits per heavy atom. The van der Waals surface area contributed by atoms with E-state index in [1.807, 2.05) is 13.8 Å². The number of nitrogens with zero attached hydrogens (tertiary/aromatic N) is 2. The van der Waals surface area contributed by atoms with Crippen LogP contribution in [-0.2, 0) is 6.54 Å². The van der Waals surface area contributed by atoms with E-state index in [9.17, 15) is 8.78 Å². The van der Waals surface area contributed by atoms with Gasteiger partial charge in [0.2, 0.25) is 0 Å². The average molecular weight is 332 g/mol. The largest absolute Gasteiger partial charge is 0.494 e. The molecule has 0 spiro atoms. The number of benzene rings is 1. The maximum atomic E-state index is 14.4. The second-order valence-electron chi connectivity index (χ2n) is 6.37. The third-order valence-electron chi connectivity index (χ3n) is 4.34. The third-order valence-corrected chi connectivity index (χ3v) is 4.34. The number of aromatic nitrogens is 2. The molecule has 1 aliphatic rings. The molecule has 0 radical (unpaired) electrons. The summed E-state index contributed by atoms with van der Waals surface area (Å²) in [4.78, 5) is 0. The van der Waals surface area contributed by atoms with Crippen molar-refractivity contribution in [2.75, 3.05) is 6.61 Å². The van der Waals surface area contributed by atoms with Crippen molar-refractivity contribution in [1.29, 1.82) is 0 Å². The van der Waals surface area contributed by atoms with Gasteiger partial charge in [0.05, 0.1) is 18.8 Å². The molecule has 0 N–H and O–H groups in total. The monoisotopic (exact) mass is 332 g/mol. The van der Waals surface area contributed by atoms with Gasteiger partial charge in [0.1, 0.15) is 17.4 Å². The van der Waals surface area contributed by atoms with Crippen molar-refractivity contribution in [3.8, 4) is 5.75 Å². The summed E-state index contributed by atoms with van der Waals surface area (Å²) in [6.07, 6.45) is 2.19. The van der Waals surface area contributed by atoms with Crippen molar-refractivity contribution in [1.82, 2.24) is 9.78 Å². The number of allylic oxidation sites excluding steroid dienone is 1. The molecule has 1 heterocycles. The van der Waals surface area contributed by atoms with Crippen LogP contribution < -0.4 is 4.74 Å². The Hall–Kier alpha value is -2.17. The zero-order valence-corrected chi connectivity index (χ0v) is 14.3. The minimum absolute atomic E-state index is 0.0103. The highest BCUT2D eigenvalue weighted by molar-refractivity contribution is 5.62. The molecule has 0 aliphatic heterocycles. The van der Waals surface area contributed by atoms with Crippen molar-refractivity contribution in [2.24, 2.45) is 0 Å². The van der Waals surface area contributed by atoms with Crippen LogP contribution in [0, 0.1) is 18.6 Å². The number of hydrogen-bond acceptors (Lipinski definition) is 2. The van der Waals surface area contributed by atoms with Crippen LogP contribution in [0.4, 0.5) is 8.78 Å². The van der Waals surface area contributed by atoms with Crippen LogP contribution in [0.1, 0.15) is 55.1 Å². The average Bonchev–Trinajstić information content (AvgIpc) is 3.27. The highest BCUT2D eigenvalue weighted by Crippen LogP contribution is 2.43. The Labute approximate surface area is 140 Å². The first kappa shape index (κ1) is 16.7. The number of rotatable bonds is 6. The van der Waals surface area contributed by atoms with Gasteiger partial charge in [-0.05, 0) is 44.7 Å². The predicted octanol–water partition coefficient (Wildman–Crippen LogP) is 4.83. The Morgan fingerprint density at radius 3 is 2.46 bits per heavy atom. The fraction of sp³-hybridized carbons (Fsp3) is 0.421. The Balaban J connectivity index is 2.00. The molecular formula is C19H22F2N2O. The molecule has 0 bridgehead atoms. The maximum Gasteiger partial charge on any atom is 0.134 e. The van der Waals surface area contributed by atoms with Crippen LogP contribution in [0.5, 0.6) is 5.75 Å². The molecule has 3 rings (SSSR count). The second kappa shape index (κ2) is 6.38. The van der Waals surface area contributed by atoms with E-state index in [2.05, 4.69) is 11.7 Å². The Bertz CT molecular complexity index is 768. The molecule has 2 aromatic rings. The maximum absolute atomic E-state index is 14.4. The molecule has 0 atom stereocenters. The molecule has 0 saturated heterocycles. The molecule has 1 aliphatic carbocycles. The van der Waals surface area contributed by atoms with Crippen LogP contribution >= 0.6 is 0 Å². The van der Waals surface area contributed by atoms with Crippen LogP contribution in [-0.4, -0.2) is 16.4 Å². The van der Waals surface area contributed by atoms with Gasteiger partial charge in [-0.3, -0.25) is 4.68 Å². The first-order chi connectivity index (χ1) is 11.4. The molecule has 1 saturated carbocycles. The summed E-state index contributed by atoms with van der Waals surface area (Å²) in [6.45, 7) is 10.1. The molecule has 1 aromatic heterocycles. The smallest absolute Gasteiger partial charge is 0.134 e. The van der Waals surface area contributed by atoms with Gasteiger partial charge >= 0.3 is 0 Å². The predicted molar refractivity (Wildman–Crippen MR) is 90.3 cm³/mol. The van der Waals surface area contributed by atoms with E-state index in [0.717, 1.165) is 35.4 Å². The topological polar surface area (TPSA) is 27.1 Å². The molecule has 0 unspecified atom stereocenters. The lowest BCUT2D eigenvalue weighted by atomic mass is 10.1. The molecular weight excluding hydrogens is 310 g/mol. The van der Waals surface area contributed by atoms with Crippen molar-refractivity contribution >= 4 is 5.57 Å². The summed E-state index contributed by atoms with van der Waals surface area (Å²) in [5.41, 5.74) is 3.83. The van der Waals surface area contributed by atoms with Gasteiger partial charge in [0.15, 0.2) is 0 Å². The van der Waals surface area contributed by atoms with E-state index in [4.69, 9.17) is 4.74 Å². The summed E-state index contributed by atoms with van der Waals surface area (Å²) in [6, 6.07) is 2.46. The molecule has 1 fully saturated rings. The standard InChI is InChI=1S/C19H22F2N2O/c1-5-24-14-8-16(20)15(17(21)9-14)10-23-19(13-6-7-13)12(4)18(22-23)11(2)3/h8-9,13H,2,5-7,10H2,1,3-4H3. The fourth-order valence-corrected chi connectivity index (χ4v) is 3.09. The van der Waals surface area contributed by atoms with E-state index < -0.39 is 11.6 Å². The normalized spacial score (nSPS) is 14.0. The second-order valence-corrected chi connectivity index (χ2v) is 6.37. The van der Waals surface area contributed by atoms with Gasteiger partial charge in [-0.1, -0.05) is 6.58 Å². The van der Waals surface area contributed by atoms with E-state index in [-0.39, 0.29) is 17.9 Å². The first-order valence-corrected chi connectivity index (χ1v) is 8.26. The number of halogens is 2. The molecule has 24 heavy (non-hydrogen) atoms. The molecule has 3 nitrogen and oxygen atoms in total. The number of ether oxygens (including phenoxy) is 1. The molecule has 1 aromatic carbocycles. The van der Waals surface area contributed by atoms with E-state index in [0.29, 0.717) is 12.5 Å². The van der Waals surface area contributed by atoms with Crippen molar-refractivity contribution in [3.63, 3.8) is 0 Å². The summed E-state index contributed by atoms with van der Waals surface area (Å²) < 4.78 is 35.6. The fourth-order valence-electron chi connectivity index (χ4n) is 3.09. The van der Waals surface area contributed by atoms with Crippen molar-refractivity contribution in [2.45, 2.75) is 46.1 Å². The Morgan fingerprint density at radius 1 is 1.33 bits per heavy atom. The lowest BCUT2D eigenvalue weighted by Gasteiger charge is -2.11. The Kier molecular flexibility index (Phi) is 4.43. The van der Waals surface area contributed by atoms with Crippen molar-refractivity contribution in [3.05, 3.63) is 52.9 Å². The highest BCUT2D eigenvalue weighted by Gasteiger charge is 2.31. The first-order valence-electron chi connectivity index (χ1n) is 8.26. The SMILES string of the molecule is C=C(C)c1nn(Cc2c(F)cc(OCC)cc2F)c(C2CC2)c1C. The minimum Gasteiger partial charge on any atom is -0.494 e. The number of hydrogen-bond donors (Lipinski definition) is 0. The van der Waals surface area contributed by atoms with E-state index >= 15 is 0 Å². The molecule has 5 heteroatoms. The van der Waals surface area contributed by atoms with Crippen LogP contribution in [0.15, 0.2) is 18.7 Å². The van der Waals surface area contributed by atoms with E-state index in [1.54, 1.807) is 11.6 Å². The summed E-state index contributed by atoms with van der Waals surface area (Å²) in [7, 11) is 0. The van der Waals surface area contributed by atoms with Gasteiger partial charge in [0, 0.05) is 29.3 Å². The zero-order chi connectivity index (χ0) is 17.4. The third kappa shape index (κ3) is 3.07. The summed E-state index contributed by atoms with van der Waals surface area (Å²) >= 11 is 0. The summed E-state index contributed by atoms with van der Waals surface area (Å²) in [5.74, 6) is -0.576. The van der Waals surface area contributed by atoms with Crippen LogP contribution in [0.2, 0.25) is 0 Å². The minimum atomic E-state index is -0.606. The lowest BCUT2D eigenvalue weighted by molar-refractivity contribution is 0.335. The van der Waals surface area contributed by atoms with Crippen molar-refractivity contribution < 1.29 is 13.5 Å². The van der Waals surface area contributed by atoms with Gasteiger partial charge in [-0.15, -0.1) is 0 Å². The lowest BCUT2D eigenvalue weighted by Crippen LogP contribution is -2.10. The highest BCUT2D eigenvalue weighted by atomic mass is 19.1. The molecule has 128 valence electrons. The van der Waals surface area contributed by atoms with Gasteiger partial charge < -0.3 is 4.74 Å². The van der Waals surface area contributed by atoms with Gasteiger partial charge in [-0.25, -0.2) is 8.78 Å². The molecule has 0 amide bonds. The van der Waals surface area contributed by atoms with Crippen LogP contribution in [0.3, 0.4) is 0 Å². The quantitative estimate of drug-likeness (QED) is 0.758. The van der Waals surface area contributed by atoms with E-state index in [1.165, 1.54) is 12.1 Å². The van der Waals surface area contributed by atoms with Crippen LogP contribution in [0.25, 0.3) is 5.57 Å². The summed E-state index contributed by atoms with van der Waals surface area (Å²) in [5, 5.41) is 4.56. The van der Waals surface area contributed by atoms with Gasteiger partial charge in [0.25, 0.3) is 0 Å². The zero-order valence-electron chi connectivity index (χ0n) is 14.3.